The number of anilines is 2. The van der Waals surface area contributed by atoms with E-state index >= 15 is 0 Å². The van der Waals surface area contributed by atoms with Crippen molar-refractivity contribution in [1.29, 1.82) is 0 Å². The molecular weight excluding hydrogens is 384 g/mol. The summed E-state index contributed by atoms with van der Waals surface area (Å²) < 4.78 is 2.12. The molecule has 0 saturated heterocycles. The minimum absolute atomic E-state index is 0.122. The van der Waals surface area contributed by atoms with E-state index in [4.69, 9.17) is 4.98 Å². The lowest BCUT2D eigenvalue weighted by Crippen LogP contribution is -2.30. The van der Waals surface area contributed by atoms with Crippen LogP contribution in [0.1, 0.15) is 29.7 Å². The Hall–Kier alpha value is -3.86. The zero-order chi connectivity index (χ0) is 21.5. The van der Waals surface area contributed by atoms with Crippen LogP contribution in [0.4, 0.5) is 11.6 Å². The number of para-hydroxylation sites is 2. The molecule has 2 N–H and O–H groups in total. The fourth-order valence-corrected chi connectivity index (χ4v) is 4.16. The average Bonchev–Trinajstić information content (AvgIpc) is 3.13. The highest BCUT2D eigenvalue weighted by Crippen LogP contribution is 2.39. The Kier molecular flexibility index (Phi) is 4.59. The molecule has 31 heavy (non-hydrogen) atoms. The van der Waals surface area contributed by atoms with Gasteiger partial charge in [0.2, 0.25) is 5.95 Å². The molecule has 4 aromatic rings. The maximum absolute atomic E-state index is 13.5. The van der Waals surface area contributed by atoms with Crippen LogP contribution < -0.4 is 10.6 Å². The molecule has 5 heteroatoms. The number of aromatic nitrogens is 2. The zero-order valence-electron chi connectivity index (χ0n) is 17.8. The minimum Gasteiger partial charge on any atom is -0.329 e. The molecule has 0 radical (unpaired) electrons. The first-order valence-corrected chi connectivity index (χ1v) is 10.4. The first-order chi connectivity index (χ1) is 15.0. The van der Waals surface area contributed by atoms with Gasteiger partial charge in [-0.1, -0.05) is 59.7 Å². The standard InChI is InChI=1S/C26H24N4O/c1-16-8-12-19(13-9-16)24-23(25(31)28-20-14-10-17(2)11-15-20)18(3)27-26-29-21-6-4-5-7-22(21)30(24)26/h4-15,24H,1-3H3,(H,27,29)(H,28,31). The summed E-state index contributed by atoms with van der Waals surface area (Å²) in [5.41, 5.74) is 7.53. The van der Waals surface area contributed by atoms with Crippen LogP contribution in [0.2, 0.25) is 0 Å². The van der Waals surface area contributed by atoms with Crippen molar-refractivity contribution in [2.24, 2.45) is 0 Å². The van der Waals surface area contributed by atoms with Gasteiger partial charge in [-0.25, -0.2) is 4.98 Å². The number of imidazole rings is 1. The number of carbonyl (C=O) groups excluding carboxylic acids is 1. The van der Waals surface area contributed by atoms with E-state index in [1.54, 1.807) is 0 Å². The number of allylic oxidation sites excluding steroid dienone is 1. The van der Waals surface area contributed by atoms with E-state index in [-0.39, 0.29) is 11.9 Å². The smallest absolute Gasteiger partial charge is 0.255 e. The van der Waals surface area contributed by atoms with E-state index < -0.39 is 0 Å². The Bertz CT molecular complexity index is 1310. The molecule has 2 heterocycles. The van der Waals surface area contributed by atoms with E-state index in [9.17, 15) is 4.79 Å². The lowest BCUT2D eigenvalue weighted by Gasteiger charge is -2.30. The highest BCUT2D eigenvalue weighted by atomic mass is 16.1. The van der Waals surface area contributed by atoms with Crippen LogP contribution in [0.25, 0.3) is 11.0 Å². The normalized spacial score (nSPS) is 15.5. The number of rotatable bonds is 3. The number of hydrogen-bond acceptors (Lipinski definition) is 3. The third-order valence-electron chi connectivity index (χ3n) is 5.78. The second-order valence-corrected chi connectivity index (χ2v) is 8.09. The number of hydrogen-bond donors (Lipinski definition) is 2. The molecule has 0 spiro atoms. The van der Waals surface area contributed by atoms with Crippen LogP contribution in [0.15, 0.2) is 84.1 Å². The number of nitrogens with zero attached hydrogens (tertiary/aromatic N) is 2. The van der Waals surface area contributed by atoms with Gasteiger partial charge in [-0.3, -0.25) is 9.36 Å². The number of aryl methyl sites for hydroxylation is 2. The molecule has 1 aliphatic rings. The molecule has 1 aromatic heterocycles. The molecule has 0 aliphatic carbocycles. The van der Waals surface area contributed by atoms with Gasteiger partial charge in [-0.05, 0) is 50.6 Å². The number of nitrogens with one attached hydrogen (secondary N) is 2. The van der Waals surface area contributed by atoms with Crippen LogP contribution in [0, 0.1) is 13.8 Å². The number of benzene rings is 3. The number of carbonyl (C=O) groups is 1. The van der Waals surface area contributed by atoms with Gasteiger partial charge < -0.3 is 10.6 Å². The Labute approximate surface area is 181 Å². The molecule has 0 fully saturated rings. The van der Waals surface area contributed by atoms with Crippen LogP contribution >= 0.6 is 0 Å². The summed E-state index contributed by atoms with van der Waals surface area (Å²) in [5.74, 6) is 0.624. The van der Waals surface area contributed by atoms with Crippen molar-refractivity contribution in [3.05, 3.63) is 101 Å². The van der Waals surface area contributed by atoms with Crippen molar-refractivity contribution in [3.63, 3.8) is 0 Å². The van der Waals surface area contributed by atoms with Crippen molar-refractivity contribution in [2.45, 2.75) is 26.8 Å². The zero-order valence-corrected chi connectivity index (χ0v) is 17.8. The summed E-state index contributed by atoms with van der Waals surface area (Å²) >= 11 is 0. The van der Waals surface area contributed by atoms with Crippen molar-refractivity contribution in [2.75, 3.05) is 10.6 Å². The molecular formula is C26H24N4O. The van der Waals surface area contributed by atoms with E-state index in [1.807, 2.05) is 62.4 Å². The second kappa shape index (κ2) is 7.43. The first kappa shape index (κ1) is 19.1. The van der Waals surface area contributed by atoms with E-state index in [2.05, 4.69) is 46.4 Å². The lowest BCUT2D eigenvalue weighted by molar-refractivity contribution is -0.113. The third-order valence-corrected chi connectivity index (χ3v) is 5.78. The lowest BCUT2D eigenvalue weighted by atomic mass is 9.93. The number of fused-ring (bicyclic) bond motifs is 3. The van der Waals surface area contributed by atoms with E-state index in [0.29, 0.717) is 5.57 Å². The second-order valence-electron chi connectivity index (χ2n) is 8.09. The van der Waals surface area contributed by atoms with E-state index in [0.717, 1.165) is 39.5 Å². The molecule has 1 amide bonds. The van der Waals surface area contributed by atoms with Crippen LogP contribution in [-0.4, -0.2) is 15.5 Å². The highest BCUT2D eigenvalue weighted by molar-refractivity contribution is 6.06. The van der Waals surface area contributed by atoms with Crippen LogP contribution in [0.3, 0.4) is 0 Å². The largest absolute Gasteiger partial charge is 0.329 e. The maximum Gasteiger partial charge on any atom is 0.255 e. The Morgan fingerprint density at radius 1 is 0.903 bits per heavy atom. The molecule has 0 bridgehead atoms. The molecule has 5 rings (SSSR count). The minimum atomic E-state index is -0.283. The van der Waals surface area contributed by atoms with Crippen molar-refractivity contribution >= 4 is 28.6 Å². The topological polar surface area (TPSA) is 59.0 Å². The summed E-state index contributed by atoms with van der Waals surface area (Å²) in [7, 11) is 0. The summed E-state index contributed by atoms with van der Waals surface area (Å²) in [6.45, 7) is 6.03. The quantitative estimate of drug-likeness (QED) is 0.465. The molecule has 154 valence electrons. The maximum atomic E-state index is 13.5. The van der Waals surface area contributed by atoms with Gasteiger partial charge in [0.05, 0.1) is 22.6 Å². The van der Waals surface area contributed by atoms with Gasteiger partial charge >= 0.3 is 0 Å². The van der Waals surface area contributed by atoms with Crippen molar-refractivity contribution < 1.29 is 4.79 Å². The first-order valence-electron chi connectivity index (χ1n) is 10.4. The summed E-state index contributed by atoms with van der Waals surface area (Å²) in [6.07, 6.45) is 0. The summed E-state index contributed by atoms with van der Waals surface area (Å²) in [5, 5.41) is 6.44. The third kappa shape index (κ3) is 3.38. The average molecular weight is 409 g/mol. The van der Waals surface area contributed by atoms with E-state index in [1.165, 1.54) is 5.56 Å². The van der Waals surface area contributed by atoms with Crippen LogP contribution in [-0.2, 0) is 4.79 Å². The summed E-state index contributed by atoms with van der Waals surface area (Å²) in [4.78, 5) is 18.3. The molecule has 0 saturated carbocycles. The molecule has 1 unspecified atom stereocenters. The van der Waals surface area contributed by atoms with Crippen LogP contribution in [0.5, 0.6) is 0 Å². The van der Waals surface area contributed by atoms with Gasteiger partial charge in [0.15, 0.2) is 0 Å². The van der Waals surface area contributed by atoms with Gasteiger partial charge in [0.25, 0.3) is 5.91 Å². The fourth-order valence-electron chi connectivity index (χ4n) is 4.16. The van der Waals surface area contributed by atoms with Crippen molar-refractivity contribution in [1.82, 2.24) is 9.55 Å². The van der Waals surface area contributed by atoms with Gasteiger partial charge in [0.1, 0.15) is 0 Å². The monoisotopic (exact) mass is 408 g/mol. The summed E-state index contributed by atoms with van der Waals surface area (Å²) in [6, 6.07) is 23.9. The molecule has 1 aliphatic heterocycles. The molecule has 3 aromatic carbocycles. The fraction of sp³-hybridized carbons (Fsp3) is 0.154. The Morgan fingerprint density at radius 2 is 1.55 bits per heavy atom. The predicted molar refractivity (Wildman–Crippen MR) is 125 cm³/mol. The number of amides is 1. The Morgan fingerprint density at radius 3 is 2.26 bits per heavy atom. The SMILES string of the molecule is CC1=C(C(=O)Nc2ccc(C)cc2)C(c2ccc(C)cc2)n2c(nc3ccccc32)N1. The van der Waals surface area contributed by atoms with Gasteiger partial charge in [-0.15, -0.1) is 0 Å². The molecule has 5 nitrogen and oxygen atoms in total. The Balaban J connectivity index is 1.65. The molecule has 1 atom stereocenters. The predicted octanol–water partition coefficient (Wildman–Crippen LogP) is 5.58. The van der Waals surface area contributed by atoms with Crippen molar-refractivity contribution in [3.8, 4) is 0 Å². The van der Waals surface area contributed by atoms with Gasteiger partial charge in [0, 0.05) is 11.4 Å². The van der Waals surface area contributed by atoms with Gasteiger partial charge in [-0.2, -0.15) is 0 Å². The highest BCUT2D eigenvalue weighted by Gasteiger charge is 2.34.